The molecule has 2 amide bonds. The molecule has 28 heavy (non-hydrogen) atoms. The molecule has 7 heteroatoms. The number of aryl methyl sites for hydroxylation is 3. The summed E-state index contributed by atoms with van der Waals surface area (Å²) in [5, 5.41) is 10.2. The van der Waals surface area contributed by atoms with Crippen LogP contribution in [-0.4, -0.2) is 16.8 Å². The van der Waals surface area contributed by atoms with Crippen molar-refractivity contribution in [2.24, 2.45) is 0 Å². The van der Waals surface area contributed by atoms with Crippen LogP contribution in [-0.2, 0) is 9.59 Å². The Bertz CT molecular complexity index is 970. The molecular formula is C21H23N3O2S2. The van der Waals surface area contributed by atoms with Gasteiger partial charge < -0.3 is 10.6 Å². The summed E-state index contributed by atoms with van der Waals surface area (Å²) in [5.41, 5.74) is 5.54. The van der Waals surface area contributed by atoms with Crippen LogP contribution in [0.4, 0.5) is 5.13 Å². The number of thiazole rings is 1. The molecule has 5 nitrogen and oxygen atoms in total. The van der Waals surface area contributed by atoms with Gasteiger partial charge in [-0.2, -0.15) is 0 Å². The number of nitrogens with one attached hydrogen (secondary N) is 2. The number of amides is 2. The standard InChI is InChI=1S/C21H23N3O2S2/c1-12-8-13(2)20(14(3)9-12)17-11-28-21(23-17)24-19(26)10-16(22-15(4)25)18-6-5-7-27-18/h5-9,11,16H,10H2,1-4H3,(H,22,25)(H,23,24,26)/t16-/m0/s1. The second kappa shape index (κ2) is 8.67. The van der Waals surface area contributed by atoms with Crippen LogP contribution < -0.4 is 10.6 Å². The van der Waals surface area contributed by atoms with Crippen LogP contribution in [0.15, 0.2) is 35.0 Å². The van der Waals surface area contributed by atoms with Crippen LogP contribution in [0.5, 0.6) is 0 Å². The van der Waals surface area contributed by atoms with Crippen molar-refractivity contribution >= 4 is 39.6 Å². The topological polar surface area (TPSA) is 71.1 Å². The Morgan fingerprint density at radius 3 is 2.46 bits per heavy atom. The predicted octanol–water partition coefficient (Wildman–Crippen LogP) is 5.00. The quantitative estimate of drug-likeness (QED) is 0.597. The molecule has 2 N–H and O–H groups in total. The van der Waals surface area contributed by atoms with Crippen molar-refractivity contribution in [1.29, 1.82) is 0 Å². The summed E-state index contributed by atoms with van der Waals surface area (Å²) in [6.07, 6.45) is 0.164. The van der Waals surface area contributed by atoms with Gasteiger partial charge in [-0.15, -0.1) is 22.7 Å². The predicted molar refractivity (Wildman–Crippen MR) is 116 cm³/mol. The minimum Gasteiger partial charge on any atom is -0.348 e. The molecule has 0 radical (unpaired) electrons. The number of benzene rings is 1. The van der Waals surface area contributed by atoms with Crippen molar-refractivity contribution in [2.75, 3.05) is 5.32 Å². The highest BCUT2D eigenvalue weighted by Crippen LogP contribution is 2.31. The van der Waals surface area contributed by atoms with E-state index in [1.807, 2.05) is 22.9 Å². The fourth-order valence-corrected chi connectivity index (χ4v) is 4.84. The van der Waals surface area contributed by atoms with Gasteiger partial charge in [0.15, 0.2) is 5.13 Å². The van der Waals surface area contributed by atoms with Crippen LogP contribution in [0.2, 0.25) is 0 Å². The number of hydrogen-bond donors (Lipinski definition) is 2. The Hall–Kier alpha value is -2.51. The number of carbonyl (C=O) groups excluding carboxylic acids is 2. The monoisotopic (exact) mass is 413 g/mol. The molecular weight excluding hydrogens is 390 g/mol. The van der Waals surface area contributed by atoms with Crippen molar-refractivity contribution in [2.45, 2.75) is 40.2 Å². The van der Waals surface area contributed by atoms with Gasteiger partial charge in [0.25, 0.3) is 0 Å². The van der Waals surface area contributed by atoms with E-state index in [0.717, 1.165) is 16.1 Å². The molecule has 0 bridgehead atoms. The summed E-state index contributed by atoms with van der Waals surface area (Å²) in [6, 6.07) is 7.77. The van der Waals surface area contributed by atoms with E-state index in [1.165, 1.54) is 46.3 Å². The fourth-order valence-electron chi connectivity index (χ4n) is 3.34. The largest absolute Gasteiger partial charge is 0.348 e. The summed E-state index contributed by atoms with van der Waals surface area (Å²) < 4.78 is 0. The van der Waals surface area contributed by atoms with Crippen LogP contribution in [0.25, 0.3) is 11.3 Å². The molecule has 1 aromatic carbocycles. The summed E-state index contributed by atoms with van der Waals surface area (Å²) in [6.45, 7) is 7.69. The molecule has 2 heterocycles. The van der Waals surface area contributed by atoms with Gasteiger partial charge in [0.2, 0.25) is 11.8 Å². The number of aromatic nitrogens is 1. The molecule has 3 aromatic rings. The summed E-state index contributed by atoms with van der Waals surface area (Å²) in [5.74, 6) is -0.335. The van der Waals surface area contributed by atoms with Gasteiger partial charge in [-0.25, -0.2) is 4.98 Å². The van der Waals surface area contributed by atoms with E-state index in [1.54, 1.807) is 0 Å². The highest BCUT2D eigenvalue weighted by Gasteiger charge is 2.19. The molecule has 146 valence electrons. The minimum absolute atomic E-state index is 0.159. The molecule has 0 unspecified atom stereocenters. The number of carbonyl (C=O) groups is 2. The van der Waals surface area contributed by atoms with Crippen LogP contribution in [0.1, 0.15) is 41.0 Å². The fraction of sp³-hybridized carbons (Fsp3) is 0.286. The van der Waals surface area contributed by atoms with Crippen molar-refractivity contribution < 1.29 is 9.59 Å². The molecule has 0 aliphatic heterocycles. The van der Waals surface area contributed by atoms with Crippen molar-refractivity contribution in [3.63, 3.8) is 0 Å². The number of anilines is 1. The van der Waals surface area contributed by atoms with Gasteiger partial charge >= 0.3 is 0 Å². The first-order valence-electron chi connectivity index (χ1n) is 8.97. The van der Waals surface area contributed by atoms with E-state index in [0.29, 0.717) is 5.13 Å². The van der Waals surface area contributed by atoms with Crippen LogP contribution in [0.3, 0.4) is 0 Å². The van der Waals surface area contributed by atoms with E-state index in [2.05, 4.69) is 48.5 Å². The van der Waals surface area contributed by atoms with E-state index < -0.39 is 0 Å². The van der Waals surface area contributed by atoms with E-state index in [-0.39, 0.29) is 24.3 Å². The maximum absolute atomic E-state index is 12.5. The van der Waals surface area contributed by atoms with Crippen LogP contribution >= 0.6 is 22.7 Å². The normalized spacial score (nSPS) is 11.9. The highest BCUT2D eigenvalue weighted by molar-refractivity contribution is 7.14. The van der Waals surface area contributed by atoms with E-state index in [4.69, 9.17) is 0 Å². The molecule has 0 saturated heterocycles. The molecule has 2 aromatic heterocycles. The zero-order valence-corrected chi connectivity index (χ0v) is 18.0. The maximum atomic E-state index is 12.5. The molecule has 0 aliphatic carbocycles. The van der Waals surface area contributed by atoms with Gasteiger partial charge in [0, 0.05) is 22.7 Å². The highest BCUT2D eigenvalue weighted by atomic mass is 32.1. The van der Waals surface area contributed by atoms with Crippen molar-refractivity contribution in [3.8, 4) is 11.3 Å². The van der Waals surface area contributed by atoms with E-state index in [9.17, 15) is 9.59 Å². The summed E-state index contributed by atoms with van der Waals surface area (Å²) >= 11 is 2.92. The Balaban J connectivity index is 1.72. The van der Waals surface area contributed by atoms with Crippen molar-refractivity contribution in [1.82, 2.24) is 10.3 Å². The molecule has 0 spiro atoms. The van der Waals surface area contributed by atoms with Crippen molar-refractivity contribution in [3.05, 3.63) is 56.6 Å². The minimum atomic E-state index is -0.335. The Morgan fingerprint density at radius 2 is 1.86 bits per heavy atom. The molecule has 0 aliphatic rings. The zero-order chi connectivity index (χ0) is 20.3. The average Bonchev–Trinajstić information content (AvgIpc) is 3.25. The number of thiophene rings is 1. The smallest absolute Gasteiger partial charge is 0.228 e. The third-order valence-corrected chi connectivity index (χ3v) is 6.08. The average molecular weight is 414 g/mol. The lowest BCUT2D eigenvalue weighted by atomic mass is 9.98. The van der Waals surface area contributed by atoms with Gasteiger partial charge in [-0.05, 0) is 43.3 Å². The number of nitrogens with zero attached hydrogens (tertiary/aromatic N) is 1. The molecule has 3 rings (SSSR count). The Labute approximate surface area is 172 Å². The first-order chi connectivity index (χ1) is 13.3. The van der Waals surface area contributed by atoms with Gasteiger partial charge in [-0.3, -0.25) is 9.59 Å². The summed E-state index contributed by atoms with van der Waals surface area (Å²) in [7, 11) is 0. The molecule has 1 atom stereocenters. The van der Waals surface area contributed by atoms with Gasteiger partial charge in [0.05, 0.1) is 18.2 Å². The first kappa shape index (κ1) is 20.2. The first-order valence-corrected chi connectivity index (χ1v) is 10.7. The Morgan fingerprint density at radius 1 is 1.14 bits per heavy atom. The summed E-state index contributed by atoms with van der Waals surface area (Å²) in [4.78, 5) is 29.6. The lowest BCUT2D eigenvalue weighted by Gasteiger charge is -2.15. The van der Waals surface area contributed by atoms with Gasteiger partial charge in [0.1, 0.15) is 0 Å². The lowest BCUT2D eigenvalue weighted by molar-refractivity contribution is -0.120. The zero-order valence-electron chi connectivity index (χ0n) is 16.3. The van der Waals surface area contributed by atoms with Crippen LogP contribution in [0, 0.1) is 20.8 Å². The number of rotatable bonds is 6. The third-order valence-electron chi connectivity index (χ3n) is 4.34. The third kappa shape index (κ3) is 4.85. The second-order valence-corrected chi connectivity index (χ2v) is 8.67. The van der Waals surface area contributed by atoms with E-state index >= 15 is 0 Å². The molecule has 0 saturated carbocycles. The molecule has 0 fully saturated rings. The second-order valence-electron chi connectivity index (χ2n) is 6.83. The Kier molecular flexibility index (Phi) is 6.26. The lowest BCUT2D eigenvalue weighted by Crippen LogP contribution is -2.29. The van der Waals surface area contributed by atoms with Gasteiger partial charge in [-0.1, -0.05) is 23.8 Å². The number of hydrogen-bond acceptors (Lipinski definition) is 5. The SMILES string of the molecule is CC(=O)N[C@@H](CC(=O)Nc1nc(-c2c(C)cc(C)cc2C)cs1)c1cccs1. The maximum Gasteiger partial charge on any atom is 0.228 e.